The van der Waals surface area contributed by atoms with E-state index in [1.54, 1.807) is 17.7 Å². The lowest BCUT2D eigenvalue weighted by Gasteiger charge is -2.09. The molecule has 0 aliphatic heterocycles. The summed E-state index contributed by atoms with van der Waals surface area (Å²) in [6.07, 6.45) is 0.278. The zero-order valence-electron chi connectivity index (χ0n) is 8.81. The summed E-state index contributed by atoms with van der Waals surface area (Å²) in [4.78, 5) is 14.6. The minimum Gasteiger partial charge on any atom is -0.449 e. The number of carbonyl (C=O) groups excluding carboxylic acids is 1. The molecule has 0 saturated carbocycles. The fourth-order valence-electron chi connectivity index (χ4n) is 0.884. The third-order valence-corrected chi connectivity index (χ3v) is 2.69. The van der Waals surface area contributed by atoms with Gasteiger partial charge in [-0.1, -0.05) is 11.6 Å². The summed E-state index contributed by atoms with van der Waals surface area (Å²) in [6.45, 7) is 1.61. The molecule has 0 saturated heterocycles. The Morgan fingerprint density at radius 1 is 1.59 bits per heavy atom. The summed E-state index contributed by atoms with van der Waals surface area (Å²) in [6, 6.07) is 3.00. The predicted octanol–water partition coefficient (Wildman–Crippen LogP) is 1.14. The normalized spacial score (nSPS) is 10.7. The van der Waals surface area contributed by atoms with E-state index >= 15 is 0 Å². The van der Waals surface area contributed by atoms with E-state index < -0.39 is 16.3 Å². The lowest BCUT2D eigenvalue weighted by molar-refractivity contribution is 0.159. The third-order valence-electron chi connectivity index (χ3n) is 1.48. The highest BCUT2D eigenvalue weighted by atomic mass is 35.5. The second-order valence-corrected chi connectivity index (χ2v) is 4.58. The summed E-state index contributed by atoms with van der Waals surface area (Å²) in [5, 5.41) is 0.113. The lowest BCUT2D eigenvalue weighted by Crippen LogP contribution is -2.36. The van der Waals surface area contributed by atoms with E-state index in [2.05, 4.69) is 9.72 Å². The number of hydrogen-bond donors (Lipinski definition) is 2. The van der Waals surface area contributed by atoms with Crippen LogP contribution in [-0.2, 0) is 14.9 Å². The van der Waals surface area contributed by atoms with Crippen LogP contribution in [0.1, 0.15) is 6.92 Å². The maximum absolute atomic E-state index is 11.4. The number of rotatable bonds is 4. The Bertz CT molecular complexity index is 505. The van der Waals surface area contributed by atoms with E-state index in [4.69, 9.17) is 11.6 Å². The average molecular weight is 280 g/mol. The molecule has 0 atom stereocenters. The van der Waals surface area contributed by atoms with Gasteiger partial charge in [-0.15, -0.1) is 0 Å². The number of nitrogens with zero attached hydrogens (tertiary/aromatic N) is 1. The minimum atomic E-state index is -4.10. The molecule has 1 rings (SSSR count). The first-order chi connectivity index (χ1) is 7.94. The second-order valence-electron chi connectivity index (χ2n) is 2.76. The molecule has 0 radical (unpaired) electrons. The van der Waals surface area contributed by atoms with Crippen LogP contribution in [0.25, 0.3) is 0 Å². The first-order valence-electron chi connectivity index (χ1n) is 4.52. The Balaban J connectivity index is 2.74. The highest BCUT2D eigenvalue weighted by Crippen LogP contribution is 2.17. The molecule has 1 aromatic rings. The van der Waals surface area contributed by atoms with Crippen molar-refractivity contribution < 1.29 is 17.9 Å². The van der Waals surface area contributed by atoms with Crippen molar-refractivity contribution >= 4 is 33.7 Å². The van der Waals surface area contributed by atoms with Crippen LogP contribution in [-0.4, -0.2) is 26.1 Å². The van der Waals surface area contributed by atoms with Gasteiger partial charge in [0, 0.05) is 6.20 Å². The summed E-state index contributed by atoms with van der Waals surface area (Å²) in [7, 11) is -4.10. The SMILES string of the molecule is CCOC(=O)NS(=O)(=O)Nc1ncccc1Cl. The molecule has 0 aliphatic carbocycles. The number of halogens is 1. The van der Waals surface area contributed by atoms with E-state index in [-0.39, 0.29) is 17.4 Å². The van der Waals surface area contributed by atoms with E-state index in [0.717, 1.165) is 0 Å². The van der Waals surface area contributed by atoms with E-state index in [9.17, 15) is 13.2 Å². The van der Waals surface area contributed by atoms with E-state index in [1.165, 1.54) is 12.3 Å². The largest absolute Gasteiger partial charge is 0.449 e. The van der Waals surface area contributed by atoms with Gasteiger partial charge >= 0.3 is 16.3 Å². The molecule has 1 aromatic heterocycles. The van der Waals surface area contributed by atoms with E-state index in [0.29, 0.717) is 0 Å². The van der Waals surface area contributed by atoms with Crippen molar-refractivity contribution in [3.63, 3.8) is 0 Å². The predicted molar refractivity (Wildman–Crippen MR) is 61.9 cm³/mol. The molecule has 2 N–H and O–H groups in total. The Labute approximate surface area is 103 Å². The Morgan fingerprint density at radius 2 is 2.29 bits per heavy atom. The van der Waals surface area contributed by atoms with Crippen molar-refractivity contribution in [3.8, 4) is 0 Å². The fraction of sp³-hybridized carbons (Fsp3) is 0.250. The fourth-order valence-corrected chi connectivity index (χ4v) is 1.86. The van der Waals surface area contributed by atoms with Crippen LogP contribution in [0.3, 0.4) is 0 Å². The standard InChI is InChI=1S/C8H10ClN3O4S/c1-2-16-8(13)12-17(14,15)11-7-6(9)4-3-5-10-7/h3-5H,2H2,1H3,(H,10,11)(H,12,13). The zero-order valence-corrected chi connectivity index (χ0v) is 10.4. The van der Waals surface area contributed by atoms with Crippen LogP contribution >= 0.6 is 11.6 Å². The Kier molecular flexibility index (Phi) is 4.53. The summed E-state index contributed by atoms with van der Waals surface area (Å²) >= 11 is 5.69. The second kappa shape index (κ2) is 5.69. The van der Waals surface area contributed by atoms with Gasteiger partial charge in [0.2, 0.25) is 0 Å². The van der Waals surface area contributed by atoms with Gasteiger partial charge in [-0.25, -0.2) is 19.2 Å². The number of aromatic nitrogens is 1. The molecule has 1 heterocycles. The zero-order chi connectivity index (χ0) is 12.9. The number of nitrogens with one attached hydrogen (secondary N) is 2. The number of amides is 1. The van der Waals surface area contributed by atoms with Gasteiger partial charge in [0.15, 0.2) is 5.82 Å². The van der Waals surface area contributed by atoms with Crippen molar-refractivity contribution in [1.29, 1.82) is 0 Å². The molecule has 0 aliphatic rings. The number of ether oxygens (including phenoxy) is 1. The molecule has 0 unspecified atom stereocenters. The van der Waals surface area contributed by atoms with Gasteiger partial charge in [-0.05, 0) is 19.1 Å². The smallest absolute Gasteiger partial charge is 0.422 e. The van der Waals surface area contributed by atoms with Crippen LogP contribution < -0.4 is 9.44 Å². The molecule has 0 fully saturated rings. The molecule has 0 spiro atoms. The van der Waals surface area contributed by atoms with Gasteiger partial charge in [-0.3, -0.25) is 0 Å². The average Bonchev–Trinajstić information content (AvgIpc) is 2.20. The molecule has 17 heavy (non-hydrogen) atoms. The number of hydrogen-bond acceptors (Lipinski definition) is 5. The molecular weight excluding hydrogens is 270 g/mol. The molecular formula is C8H10ClN3O4S. The highest BCUT2D eigenvalue weighted by Gasteiger charge is 2.16. The summed E-state index contributed by atoms with van der Waals surface area (Å²) in [5.41, 5.74) is 0. The number of carbonyl (C=O) groups is 1. The highest BCUT2D eigenvalue weighted by molar-refractivity contribution is 7.91. The molecule has 0 aromatic carbocycles. The van der Waals surface area contributed by atoms with Gasteiger partial charge in [0.25, 0.3) is 0 Å². The monoisotopic (exact) mass is 279 g/mol. The van der Waals surface area contributed by atoms with Crippen molar-refractivity contribution in [2.24, 2.45) is 0 Å². The van der Waals surface area contributed by atoms with Crippen LogP contribution in [0.2, 0.25) is 5.02 Å². The first kappa shape index (κ1) is 13.5. The minimum absolute atomic E-state index is 0.0612. The lowest BCUT2D eigenvalue weighted by atomic mass is 10.5. The Morgan fingerprint density at radius 3 is 2.88 bits per heavy atom. The molecule has 94 valence electrons. The number of pyridine rings is 1. The Hall–Kier alpha value is -1.54. The van der Waals surface area contributed by atoms with Crippen molar-refractivity contribution in [2.75, 3.05) is 11.3 Å². The van der Waals surface area contributed by atoms with Crippen molar-refractivity contribution in [3.05, 3.63) is 23.4 Å². The van der Waals surface area contributed by atoms with Gasteiger partial charge in [0.1, 0.15) is 0 Å². The van der Waals surface area contributed by atoms with Crippen LogP contribution in [0.5, 0.6) is 0 Å². The topological polar surface area (TPSA) is 97.4 Å². The van der Waals surface area contributed by atoms with Crippen LogP contribution in [0.4, 0.5) is 10.6 Å². The molecule has 7 nitrogen and oxygen atoms in total. The van der Waals surface area contributed by atoms with Gasteiger partial charge in [0.05, 0.1) is 11.6 Å². The van der Waals surface area contributed by atoms with Crippen molar-refractivity contribution in [1.82, 2.24) is 9.71 Å². The first-order valence-corrected chi connectivity index (χ1v) is 6.38. The third kappa shape index (κ3) is 4.45. The van der Waals surface area contributed by atoms with Crippen LogP contribution in [0.15, 0.2) is 18.3 Å². The van der Waals surface area contributed by atoms with E-state index in [1.807, 2.05) is 4.72 Å². The summed E-state index contributed by atoms with van der Waals surface area (Å²) in [5.74, 6) is -0.0778. The molecule has 0 bridgehead atoms. The van der Waals surface area contributed by atoms with Crippen molar-refractivity contribution in [2.45, 2.75) is 6.92 Å². The maximum Gasteiger partial charge on any atom is 0.422 e. The van der Waals surface area contributed by atoms with Gasteiger partial charge < -0.3 is 4.74 Å². The maximum atomic E-state index is 11.4. The van der Waals surface area contributed by atoms with Crippen LogP contribution in [0, 0.1) is 0 Å². The van der Waals surface area contributed by atoms with Gasteiger partial charge in [-0.2, -0.15) is 8.42 Å². The summed E-state index contributed by atoms with van der Waals surface area (Å²) < 4.78 is 30.9. The quantitative estimate of drug-likeness (QED) is 0.861. The number of anilines is 1. The molecule has 9 heteroatoms. The molecule has 1 amide bonds.